The molecule has 1 aromatic carbocycles. The third kappa shape index (κ3) is 6.50. The first-order valence-electron chi connectivity index (χ1n) is 7.59. The van der Waals surface area contributed by atoms with Crippen molar-refractivity contribution >= 4 is 17.8 Å². The monoisotopic (exact) mass is 320 g/mol. The predicted molar refractivity (Wildman–Crippen MR) is 86.3 cm³/mol. The lowest BCUT2D eigenvalue weighted by Gasteiger charge is -2.22. The van der Waals surface area contributed by atoms with Crippen molar-refractivity contribution in [3.8, 4) is 0 Å². The number of ether oxygens (including phenoxy) is 1. The predicted octanol–water partition coefficient (Wildman–Crippen LogP) is 1.40. The van der Waals surface area contributed by atoms with Gasteiger partial charge in [0, 0.05) is 6.92 Å². The van der Waals surface area contributed by atoms with E-state index in [9.17, 15) is 14.4 Å². The number of hydrogen-bond donors (Lipinski definition) is 2. The van der Waals surface area contributed by atoms with E-state index in [0.717, 1.165) is 5.56 Å². The van der Waals surface area contributed by atoms with Crippen LogP contribution >= 0.6 is 0 Å². The molecule has 0 saturated heterocycles. The molecule has 0 aromatic heterocycles. The number of benzene rings is 1. The summed E-state index contributed by atoms with van der Waals surface area (Å²) in [5.41, 5.74) is 0.873. The minimum Gasteiger partial charge on any atom is -0.459 e. The Kier molecular flexibility index (Phi) is 7.25. The maximum absolute atomic E-state index is 12.2. The Morgan fingerprint density at radius 1 is 1.04 bits per heavy atom. The van der Waals surface area contributed by atoms with Crippen LogP contribution in [0.15, 0.2) is 30.3 Å². The summed E-state index contributed by atoms with van der Waals surface area (Å²) in [6.07, 6.45) is 0. The molecule has 2 amide bonds. The van der Waals surface area contributed by atoms with Gasteiger partial charge in [0.1, 0.15) is 18.7 Å². The Morgan fingerprint density at radius 2 is 1.65 bits per heavy atom. The highest BCUT2D eigenvalue weighted by Gasteiger charge is 2.26. The zero-order chi connectivity index (χ0) is 17.4. The number of carbonyl (C=O) groups is 3. The van der Waals surface area contributed by atoms with Gasteiger partial charge in [-0.15, -0.1) is 0 Å². The molecule has 23 heavy (non-hydrogen) atoms. The van der Waals surface area contributed by atoms with E-state index in [0.29, 0.717) is 0 Å². The lowest BCUT2D eigenvalue weighted by atomic mass is 10.0. The second-order valence-electron chi connectivity index (χ2n) is 5.75. The number of hydrogen-bond acceptors (Lipinski definition) is 4. The van der Waals surface area contributed by atoms with Gasteiger partial charge in [-0.3, -0.25) is 9.59 Å². The number of amides is 2. The number of carbonyl (C=O) groups excluding carboxylic acids is 3. The maximum Gasteiger partial charge on any atom is 0.328 e. The van der Waals surface area contributed by atoms with Crippen molar-refractivity contribution in [3.05, 3.63) is 35.9 Å². The second-order valence-corrected chi connectivity index (χ2v) is 5.75. The molecule has 0 fully saturated rings. The lowest BCUT2D eigenvalue weighted by molar-refractivity contribution is -0.149. The molecule has 0 aliphatic carbocycles. The largest absolute Gasteiger partial charge is 0.459 e. The minimum atomic E-state index is -0.791. The van der Waals surface area contributed by atoms with Crippen LogP contribution in [-0.4, -0.2) is 29.9 Å². The van der Waals surface area contributed by atoms with Crippen molar-refractivity contribution in [1.82, 2.24) is 10.6 Å². The Bertz CT molecular complexity index is 543. The Balaban J connectivity index is 2.52. The van der Waals surface area contributed by atoms with Crippen LogP contribution in [0.5, 0.6) is 0 Å². The topological polar surface area (TPSA) is 84.5 Å². The zero-order valence-electron chi connectivity index (χ0n) is 14.0. The molecule has 126 valence electrons. The van der Waals surface area contributed by atoms with Crippen LogP contribution in [0.25, 0.3) is 0 Å². The van der Waals surface area contributed by atoms with Gasteiger partial charge < -0.3 is 15.4 Å². The maximum atomic E-state index is 12.2. The van der Waals surface area contributed by atoms with Gasteiger partial charge in [0.2, 0.25) is 11.8 Å². The standard InChI is InChI=1S/C17H24N2O4/c1-11(2)15(19-13(4)20)16(21)18-12(3)17(22)23-10-14-8-6-5-7-9-14/h5-9,11-12,15H,10H2,1-4H3,(H,18,21)(H,19,20)/t12-,15-/m0/s1. The second kappa shape index (κ2) is 8.92. The average molecular weight is 320 g/mol. The molecular weight excluding hydrogens is 296 g/mol. The highest BCUT2D eigenvalue weighted by Crippen LogP contribution is 2.04. The van der Waals surface area contributed by atoms with E-state index in [4.69, 9.17) is 4.74 Å². The van der Waals surface area contributed by atoms with Crippen molar-refractivity contribution in [2.75, 3.05) is 0 Å². The molecule has 0 spiro atoms. The van der Waals surface area contributed by atoms with Crippen LogP contribution < -0.4 is 10.6 Å². The summed E-state index contributed by atoms with van der Waals surface area (Å²) in [6, 6.07) is 7.81. The van der Waals surface area contributed by atoms with Crippen LogP contribution in [0, 0.1) is 5.92 Å². The van der Waals surface area contributed by atoms with Crippen LogP contribution in [0.2, 0.25) is 0 Å². The summed E-state index contributed by atoms with van der Waals surface area (Å²) in [7, 11) is 0. The molecule has 0 heterocycles. The van der Waals surface area contributed by atoms with Crippen LogP contribution in [0.1, 0.15) is 33.3 Å². The van der Waals surface area contributed by atoms with E-state index in [-0.39, 0.29) is 18.4 Å². The van der Waals surface area contributed by atoms with Gasteiger partial charge in [-0.25, -0.2) is 4.79 Å². The molecule has 0 aliphatic heterocycles. The number of esters is 1. The molecule has 2 atom stereocenters. The average Bonchev–Trinajstić information content (AvgIpc) is 2.50. The molecule has 2 N–H and O–H groups in total. The summed E-state index contributed by atoms with van der Waals surface area (Å²) in [6.45, 7) is 6.69. The first kappa shape index (κ1) is 18.7. The fourth-order valence-corrected chi connectivity index (χ4v) is 1.97. The Hall–Kier alpha value is -2.37. The van der Waals surface area contributed by atoms with Crippen LogP contribution in [0.3, 0.4) is 0 Å². The Morgan fingerprint density at radius 3 is 2.17 bits per heavy atom. The normalized spacial score (nSPS) is 13.1. The number of rotatable bonds is 7. The van der Waals surface area contributed by atoms with E-state index in [2.05, 4.69) is 10.6 Å². The van der Waals surface area contributed by atoms with E-state index in [1.807, 2.05) is 44.2 Å². The van der Waals surface area contributed by atoms with Gasteiger partial charge >= 0.3 is 5.97 Å². The minimum absolute atomic E-state index is 0.0913. The van der Waals surface area contributed by atoms with Gasteiger partial charge in [-0.2, -0.15) is 0 Å². The molecule has 0 aliphatic rings. The van der Waals surface area contributed by atoms with E-state index >= 15 is 0 Å². The van der Waals surface area contributed by atoms with E-state index in [1.54, 1.807) is 6.92 Å². The summed E-state index contributed by atoms with van der Waals surface area (Å²) in [5, 5.41) is 5.15. The molecular formula is C17H24N2O4. The van der Waals surface area contributed by atoms with E-state index in [1.165, 1.54) is 6.92 Å². The summed E-state index contributed by atoms with van der Waals surface area (Å²) >= 11 is 0. The van der Waals surface area contributed by atoms with Gasteiger partial charge in [0.15, 0.2) is 0 Å². The molecule has 6 heteroatoms. The molecule has 0 unspecified atom stereocenters. The van der Waals surface area contributed by atoms with Crippen LogP contribution in [0.4, 0.5) is 0 Å². The van der Waals surface area contributed by atoms with Gasteiger partial charge in [-0.1, -0.05) is 44.2 Å². The Labute approximate surface area is 136 Å². The van der Waals surface area contributed by atoms with Crippen LogP contribution in [-0.2, 0) is 25.7 Å². The fourth-order valence-electron chi connectivity index (χ4n) is 1.97. The fraction of sp³-hybridized carbons (Fsp3) is 0.471. The first-order chi connectivity index (χ1) is 10.8. The summed E-state index contributed by atoms with van der Waals surface area (Å²) in [4.78, 5) is 35.3. The summed E-state index contributed by atoms with van der Waals surface area (Å²) in [5.74, 6) is -1.31. The van der Waals surface area contributed by atoms with Crippen molar-refractivity contribution in [1.29, 1.82) is 0 Å². The third-order valence-electron chi connectivity index (χ3n) is 3.24. The number of nitrogens with one attached hydrogen (secondary N) is 2. The molecule has 1 aromatic rings. The van der Waals surface area contributed by atoms with E-state index < -0.39 is 24.0 Å². The third-order valence-corrected chi connectivity index (χ3v) is 3.24. The summed E-state index contributed by atoms with van der Waals surface area (Å²) < 4.78 is 5.17. The van der Waals surface area contributed by atoms with Gasteiger partial charge in [0.05, 0.1) is 0 Å². The molecule has 6 nitrogen and oxygen atoms in total. The SMILES string of the molecule is CC(=O)N[C@H](C(=O)N[C@@H](C)C(=O)OCc1ccccc1)C(C)C. The van der Waals surface area contributed by atoms with Crippen molar-refractivity contribution < 1.29 is 19.1 Å². The molecule has 0 bridgehead atoms. The molecule has 0 saturated carbocycles. The van der Waals surface area contributed by atoms with Gasteiger partial charge in [0.25, 0.3) is 0 Å². The first-order valence-corrected chi connectivity index (χ1v) is 7.59. The highest BCUT2D eigenvalue weighted by atomic mass is 16.5. The highest BCUT2D eigenvalue weighted by molar-refractivity contribution is 5.90. The van der Waals surface area contributed by atoms with Crippen molar-refractivity contribution in [3.63, 3.8) is 0 Å². The zero-order valence-corrected chi connectivity index (χ0v) is 14.0. The quantitative estimate of drug-likeness (QED) is 0.744. The molecule has 0 radical (unpaired) electrons. The van der Waals surface area contributed by atoms with Crippen molar-refractivity contribution in [2.24, 2.45) is 5.92 Å². The van der Waals surface area contributed by atoms with Gasteiger partial charge in [-0.05, 0) is 18.4 Å². The molecule has 1 rings (SSSR count). The smallest absolute Gasteiger partial charge is 0.328 e. The van der Waals surface area contributed by atoms with Crippen molar-refractivity contribution in [2.45, 2.75) is 46.4 Å². The lowest BCUT2D eigenvalue weighted by Crippen LogP contribution is -2.52.